The zero-order chi connectivity index (χ0) is 30.0. The highest BCUT2D eigenvalue weighted by Gasteiger charge is 2.54. The Morgan fingerprint density at radius 1 is 1.23 bits per heavy atom. The van der Waals surface area contributed by atoms with Gasteiger partial charge in [0.05, 0.1) is 31.9 Å². The van der Waals surface area contributed by atoms with Crippen LogP contribution in [0.3, 0.4) is 0 Å². The van der Waals surface area contributed by atoms with E-state index in [0.29, 0.717) is 9.27 Å². The molecule has 2 rings (SSSR count). The molecule has 0 bridgehead atoms. The molecule has 3 N–H and O–H groups in total. The van der Waals surface area contributed by atoms with Crippen molar-refractivity contribution in [2.45, 2.75) is 95.5 Å². The summed E-state index contributed by atoms with van der Waals surface area (Å²) >= 11 is 8.47. The van der Waals surface area contributed by atoms with Gasteiger partial charge in [-0.1, -0.05) is 32.4 Å². The van der Waals surface area contributed by atoms with E-state index in [-0.39, 0.29) is 22.4 Å². The zero-order valence-electron chi connectivity index (χ0n) is 23.9. The Balaban J connectivity index is 2.36. The molecule has 0 spiro atoms. The molecule has 4 atom stereocenters. The lowest BCUT2D eigenvalue weighted by Gasteiger charge is -2.43. The third-order valence-corrected chi connectivity index (χ3v) is 12.7. The predicted molar refractivity (Wildman–Crippen MR) is 159 cm³/mol. The van der Waals surface area contributed by atoms with Gasteiger partial charge in [0.15, 0.2) is 19.2 Å². The normalized spacial score (nSPS) is 22.6. The van der Waals surface area contributed by atoms with Crippen LogP contribution in [0.5, 0.6) is 5.75 Å². The van der Waals surface area contributed by atoms with Gasteiger partial charge in [-0.2, -0.15) is 0 Å². The molecule has 1 heterocycles. The van der Waals surface area contributed by atoms with Crippen molar-refractivity contribution in [3.8, 4) is 5.75 Å². The second-order valence-corrected chi connectivity index (χ2v) is 18.3. The van der Waals surface area contributed by atoms with E-state index in [1.54, 1.807) is 39.0 Å². The minimum Gasteiger partial charge on any atom is -0.480 e. The Morgan fingerprint density at radius 3 is 2.33 bits per heavy atom. The number of alkyl carbamates (subject to hydrolysis) is 1. The molecule has 1 aliphatic carbocycles. The number of amides is 1. The van der Waals surface area contributed by atoms with E-state index in [1.165, 1.54) is 7.11 Å². The van der Waals surface area contributed by atoms with Crippen LogP contribution < -0.4 is 10.1 Å². The van der Waals surface area contributed by atoms with Gasteiger partial charge in [0.1, 0.15) is 23.4 Å². The first-order valence-corrected chi connectivity index (χ1v) is 16.9. The average molecular weight is 699 g/mol. The Morgan fingerprint density at radius 2 is 1.85 bits per heavy atom. The van der Waals surface area contributed by atoms with Gasteiger partial charge in [-0.15, -0.1) is 0 Å². The number of rotatable bonds is 9. The number of aromatic nitrogens is 1. The molecular weight excluding hydrogens is 659 g/mol. The number of carbonyl (C=O) groups excluding carboxylic acids is 2. The largest absolute Gasteiger partial charge is 0.480 e. The molecule has 0 saturated heterocycles. The first kappa shape index (κ1) is 33.8. The van der Waals surface area contributed by atoms with Crippen LogP contribution in [-0.2, 0) is 18.7 Å². The summed E-state index contributed by atoms with van der Waals surface area (Å²) in [5, 5.41) is 23.9. The van der Waals surface area contributed by atoms with Gasteiger partial charge >= 0.3 is 12.1 Å². The van der Waals surface area contributed by atoms with Crippen LogP contribution in [0, 0.1) is 0 Å². The minimum atomic E-state index is -2.39. The lowest BCUT2D eigenvalue weighted by Crippen LogP contribution is -2.56. The number of pyridine rings is 1. The fourth-order valence-corrected chi connectivity index (χ4v) is 5.85. The van der Waals surface area contributed by atoms with E-state index >= 15 is 0 Å². The van der Waals surface area contributed by atoms with Crippen molar-refractivity contribution in [3.63, 3.8) is 0 Å². The van der Waals surface area contributed by atoms with E-state index in [9.17, 15) is 19.8 Å². The predicted octanol–water partition coefficient (Wildman–Crippen LogP) is 5.06. The fraction of sp³-hybridized carbons (Fsp3) is 0.654. The highest BCUT2D eigenvalue weighted by Crippen LogP contribution is 2.45. The first-order valence-electron chi connectivity index (χ1n) is 12.5. The van der Waals surface area contributed by atoms with Crippen LogP contribution in [-0.4, -0.2) is 72.7 Å². The number of aliphatic hydroxyl groups is 2. The topological polar surface area (TPSA) is 136 Å². The summed E-state index contributed by atoms with van der Waals surface area (Å²) in [4.78, 5) is 28.8. The third-order valence-electron chi connectivity index (χ3n) is 6.71. The van der Waals surface area contributed by atoms with Crippen molar-refractivity contribution in [1.82, 2.24) is 10.3 Å². The number of aliphatic hydroxyl groups excluding tert-OH is 1. The third kappa shape index (κ3) is 8.52. The molecule has 1 aromatic rings. The van der Waals surface area contributed by atoms with Crippen LogP contribution in [0.2, 0.25) is 23.3 Å². The molecule has 0 radical (unpaired) electrons. The molecule has 39 heavy (non-hydrogen) atoms. The number of nitrogens with zero attached hydrogens (tertiary/aromatic N) is 1. The fourth-order valence-electron chi connectivity index (χ4n) is 3.50. The molecular formula is C26H40ClIN2O8Si. The Labute approximate surface area is 250 Å². The van der Waals surface area contributed by atoms with E-state index in [1.807, 2.05) is 22.6 Å². The molecule has 13 heteroatoms. The first-order chi connectivity index (χ1) is 17.7. The SMILES string of the molecule is COC(=O)C[C@@H](NC(=O)OC(C)(C)C)c1ccc(O[C@H]2C=C(I)[C@@](O)(CO)[C@@H]2O[Si](C)(C)C(C)(C)C)c(Cl)n1. The molecule has 1 aromatic heterocycles. The van der Waals surface area contributed by atoms with Crippen LogP contribution in [0.1, 0.15) is 59.7 Å². The summed E-state index contributed by atoms with van der Waals surface area (Å²) in [7, 11) is -1.14. The van der Waals surface area contributed by atoms with Crippen LogP contribution in [0.25, 0.3) is 0 Å². The number of hydrogen-bond donors (Lipinski definition) is 3. The number of methoxy groups -OCH3 is 1. The van der Waals surface area contributed by atoms with E-state index in [2.05, 4.69) is 44.2 Å². The zero-order valence-corrected chi connectivity index (χ0v) is 27.8. The summed E-state index contributed by atoms with van der Waals surface area (Å²) < 4.78 is 23.3. The molecule has 0 saturated carbocycles. The minimum absolute atomic E-state index is 0.0257. The van der Waals surface area contributed by atoms with E-state index in [0.717, 1.165) is 0 Å². The second kappa shape index (κ2) is 12.6. The number of nitrogens with one attached hydrogen (secondary N) is 1. The number of esters is 1. The van der Waals surface area contributed by atoms with Gasteiger partial charge in [0.2, 0.25) is 0 Å². The molecule has 0 aromatic carbocycles. The molecule has 220 valence electrons. The summed E-state index contributed by atoms with van der Waals surface area (Å²) in [5.74, 6) is -0.361. The quantitative estimate of drug-likeness (QED) is 0.140. The van der Waals surface area contributed by atoms with Gasteiger partial charge in [-0.3, -0.25) is 4.79 Å². The van der Waals surface area contributed by atoms with Crippen LogP contribution >= 0.6 is 34.2 Å². The van der Waals surface area contributed by atoms with E-state index in [4.69, 9.17) is 30.2 Å². The van der Waals surface area contributed by atoms with Crippen molar-refractivity contribution in [3.05, 3.63) is 32.6 Å². The maximum absolute atomic E-state index is 12.4. The van der Waals surface area contributed by atoms with Gasteiger partial charge in [0, 0.05) is 3.58 Å². The van der Waals surface area contributed by atoms with Crippen molar-refractivity contribution in [2.24, 2.45) is 0 Å². The molecule has 0 unspecified atom stereocenters. The van der Waals surface area contributed by atoms with Crippen LogP contribution in [0.15, 0.2) is 21.8 Å². The summed E-state index contributed by atoms with van der Waals surface area (Å²) in [6, 6.07) is 2.25. The summed E-state index contributed by atoms with van der Waals surface area (Å²) in [5.41, 5.74) is -2.08. The van der Waals surface area contributed by atoms with Crippen molar-refractivity contribution in [2.75, 3.05) is 13.7 Å². The monoisotopic (exact) mass is 698 g/mol. The van der Waals surface area contributed by atoms with Crippen LogP contribution in [0.4, 0.5) is 4.79 Å². The summed E-state index contributed by atoms with van der Waals surface area (Å²) in [6.45, 7) is 15.0. The van der Waals surface area contributed by atoms with Gasteiger partial charge in [-0.25, -0.2) is 9.78 Å². The molecule has 1 amide bonds. The molecule has 10 nitrogen and oxygen atoms in total. The number of halogens is 2. The highest BCUT2D eigenvalue weighted by molar-refractivity contribution is 14.1. The highest BCUT2D eigenvalue weighted by atomic mass is 127. The van der Waals surface area contributed by atoms with Gasteiger partial charge in [-0.05, 0) is 79.7 Å². The Hall–Kier alpha value is -1.45. The van der Waals surface area contributed by atoms with Gasteiger partial charge < -0.3 is 34.2 Å². The van der Waals surface area contributed by atoms with E-state index < -0.39 is 56.4 Å². The van der Waals surface area contributed by atoms with Gasteiger partial charge in [0.25, 0.3) is 0 Å². The number of carbonyl (C=O) groups is 2. The Bertz CT molecular complexity index is 1090. The standard InChI is InChI=1S/C26H40ClIN2O8Si/c1-24(2,3)37-23(33)30-16(12-20(32)35-7)15-10-11-17(22(27)29-15)36-18-13-19(28)26(34,14-31)21(18)38-39(8,9)25(4,5)6/h10-11,13,16,18,21,31,34H,12,14H2,1-9H3,(H,30,33)/t16-,18+,21-,26+/m1/s1. The number of hydrogen-bond acceptors (Lipinski definition) is 9. The lowest BCUT2D eigenvalue weighted by molar-refractivity contribution is -0.141. The average Bonchev–Trinajstić information content (AvgIpc) is 3.02. The lowest BCUT2D eigenvalue weighted by atomic mass is 10.0. The molecule has 1 aliphatic rings. The Kier molecular flexibility index (Phi) is 10.9. The summed E-state index contributed by atoms with van der Waals surface area (Å²) in [6.07, 6.45) is -0.877. The maximum atomic E-state index is 12.4. The smallest absolute Gasteiger partial charge is 0.408 e. The number of ether oxygens (including phenoxy) is 3. The second-order valence-electron chi connectivity index (χ2n) is 12.0. The van der Waals surface area contributed by atoms with Crippen molar-refractivity contribution >= 4 is 54.6 Å². The van der Waals surface area contributed by atoms with Crippen molar-refractivity contribution < 1.29 is 38.4 Å². The molecule has 0 fully saturated rings. The maximum Gasteiger partial charge on any atom is 0.408 e. The van der Waals surface area contributed by atoms with Crippen molar-refractivity contribution in [1.29, 1.82) is 0 Å². The molecule has 0 aliphatic heterocycles.